The Bertz CT molecular complexity index is 666. The number of hydrogen-bond donors (Lipinski definition) is 0. The number of rotatable bonds is 4. The summed E-state index contributed by atoms with van der Waals surface area (Å²) in [4.78, 5) is 13.9. The third-order valence-electron chi connectivity index (χ3n) is 3.62. The fourth-order valence-electron chi connectivity index (χ4n) is 2.31. The Morgan fingerprint density at radius 1 is 1.05 bits per heavy atom. The molecule has 1 fully saturated rings. The van der Waals surface area contributed by atoms with Crippen LogP contribution in [0.3, 0.4) is 0 Å². The minimum atomic E-state index is -3.46. The molecule has 0 bridgehead atoms. The summed E-state index contributed by atoms with van der Waals surface area (Å²) >= 11 is 0. The zero-order valence-corrected chi connectivity index (χ0v) is 13.6. The number of piperidine rings is 1. The molecule has 1 aromatic carbocycles. The van der Waals surface area contributed by atoms with Crippen molar-refractivity contribution in [1.82, 2.24) is 4.90 Å². The molecule has 0 radical (unpaired) electrons. The fourth-order valence-corrected chi connectivity index (χ4v) is 3.28. The summed E-state index contributed by atoms with van der Waals surface area (Å²) in [5.41, 5.74) is 1.01. The quantitative estimate of drug-likeness (QED) is 0.633. The first-order chi connectivity index (χ1) is 10.5. The van der Waals surface area contributed by atoms with Crippen LogP contribution in [0.1, 0.15) is 24.8 Å². The maximum absolute atomic E-state index is 12.1. The topological polar surface area (TPSA) is 54.5 Å². The van der Waals surface area contributed by atoms with Crippen molar-refractivity contribution in [2.24, 2.45) is 0 Å². The van der Waals surface area contributed by atoms with Gasteiger partial charge in [0.25, 0.3) is 0 Å². The summed E-state index contributed by atoms with van der Waals surface area (Å²) in [7, 11) is -3.46. The molecule has 118 valence electrons. The Labute approximate surface area is 132 Å². The lowest BCUT2D eigenvalue weighted by Gasteiger charge is -2.25. The van der Waals surface area contributed by atoms with E-state index in [1.807, 2.05) is 6.92 Å². The Morgan fingerprint density at radius 2 is 1.68 bits per heavy atom. The molecular formula is C17H21NO3S. The van der Waals surface area contributed by atoms with E-state index < -0.39 is 9.84 Å². The van der Waals surface area contributed by atoms with Gasteiger partial charge in [0, 0.05) is 24.6 Å². The van der Waals surface area contributed by atoms with E-state index in [1.165, 1.54) is 24.6 Å². The molecule has 0 atom stereocenters. The van der Waals surface area contributed by atoms with Crippen LogP contribution >= 0.6 is 0 Å². The van der Waals surface area contributed by atoms with Gasteiger partial charge in [0.2, 0.25) is 5.91 Å². The van der Waals surface area contributed by atoms with Gasteiger partial charge in [-0.25, -0.2) is 8.42 Å². The van der Waals surface area contributed by atoms with Gasteiger partial charge in [0.05, 0.1) is 4.90 Å². The van der Waals surface area contributed by atoms with Crippen LogP contribution in [0.15, 0.2) is 52.8 Å². The molecule has 1 aliphatic heterocycles. The lowest BCUT2D eigenvalue weighted by Crippen LogP contribution is -2.34. The van der Waals surface area contributed by atoms with E-state index in [4.69, 9.17) is 0 Å². The van der Waals surface area contributed by atoms with Crippen LogP contribution in [-0.4, -0.2) is 32.3 Å². The second kappa shape index (κ2) is 7.40. The normalized spacial score (nSPS) is 16.5. The summed E-state index contributed by atoms with van der Waals surface area (Å²) in [6.07, 6.45) is 7.56. The highest BCUT2D eigenvalue weighted by atomic mass is 32.2. The second-order valence-corrected chi connectivity index (χ2v) is 7.27. The van der Waals surface area contributed by atoms with Crippen LogP contribution in [-0.2, 0) is 14.6 Å². The molecule has 5 heteroatoms. The number of carbonyl (C=O) groups excluding carboxylic acids is 1. The van der Waals surface area contributed by atoms with E-state index in [2.05, 4.69) is 0 Å². The molecular weight excluding hydrogens is 298 g/mol. The van der Waals surface area contributed by atoms with Crippen LogP contribution in [0.4, 0.5) is 0 Å². The van der Waals surface area contributed by atoms with Crippen molar-refractivity contribution in [3.8, 4) is 0 Å². The summed E-state index contributed by atoms with van der Waals surface area (Å²) in [5, 5.41) is 1.12. The highest BCUT2D eigenvalue weighted by Crippen LogP contribution is 2.13. The van der Waals surface area contributed by atoms with E-state index in [1.54, 1.807) is 29.2 Å². The average Bonchev–Trinajstić information content (AvgIpc) is 2.52. The predicted molar refractivity (Wildman–Crippen MR) is 87.1 cm³/mol. The minimum absolute atomic E-state index is 0.0583. The molecule has 0 N–H and O–H groups in total. The largest absolute Gasteiger partial charge is 0.339 e. The molecule has 1 heterocycles. The minimum Gasteiger partial charge on any atom is -0.339 e. The molecule has 1 saturated heterocycles. The number of aryl methyl sites for hydroxylation is 1. The van der Waals surface area contributed by atoms with E-state index in [0.717, 1.165) is 36.9 Å². The van der Waals surface area contributed by atoms with Crippen molar-refractivity contribution in [2.45, 2.75) is 31.1 Å². The first-order valence-electron chi connectivity index (χ1n) is 7.44. The molecule has 2 rings (SSSR count). The van der Waals surface area contributed by atoms with E-state index >= 15 is 0 Å². The summed E-state index contributed by atoms with van der Waals surface area (Å²) in [6, 6.07) is 6.68. The van der Waals surface area contributed by atoms with Crippen molar-refractivity contribution in [2.75, 3.05) is 13.1 Å². The smallest absolute Gasteiger partial charge is 0.246 e. The molecule has 0 aliphatic carbocycles. The molecule has 1 amide bonds. The number of sulfone groups is 1. The fraction of sp³-hybridized carbons (Fsp3) is 0.353. The standard InChI is InChI=1S/C17H21NO3S/c1-15-8-10-16(11-9-15)22(20,21)14-6-3-7-17(19)18-12-4-2-5-13-18/h3,6-11,14H,2,4-5,12-13H2,1H3/b7-3+,14-6+. The lowest BCUT2D eigenvalue weighted by atomic mass is 10.1. The number of likely N-dealkylation sites (tertiary alicyclic amines) is 1. The molecule has 1 aliphatic rings. The number of hydrogen-bond acceptors (Lipinski definition) is 3. The Kier molecular flexibility index (Phi) is 5.55. The Hall–Kier alpha value is -1.88. The number of carbonyl (C=O) groups is 1. The molecule has 22 heavy (non-hydrogen) atoms. The lowest BCUT2D eigenvalue weighted by molar-refractivity contribution is -0.126. The average molecular weight is 319 g/mol. The number of allylic oxidation sites excluding steroid dienone is 2. The van der Waals surface area contributed by atoms with Crippen LogP contribution in [0.5, 0.6) is 0 Å². The van der Waals surface area contributed by atoms with Gasteiger partial charge in [-0.05, 0) is 38.3 Å². The molecule has 0 spiro atoms. The van der Waals surface area contributed by atoms with Gasteiger partial charge in [0.1, 0.15) is 0 Å². The van der Waals surface area contributed by atoms with Gasteiger partial charge in [-0.15, -0.1) is 0 Å². The highest BCUT2D eigenvalue weighted by Gasteiger charge is 2.13. The number of benzene rings is 1. The zero-order chi connectivity index (χ0) is 16.0. The van der Waals surface area contributed by atoms with Crippen LogP contribution in [0, 0.1) is 6.92 Å². The third-order valence-corrected chi connectivity index (χ3v) is 5.07. The van der Waals surface area contributed by atoms with Crippen molar-refractivity contribution in [3.05, 3.63) is 53.5 Å². The van der Waals surface area contributed by atoms with Gasteiger partial charge < -0.3 is 4.90 Å². The van der Waals surface area contributed by atoms with E-state index in [-0.39, 0.29) is 10.8 Å². The Morgan fingerprint density at radius 3 is 2.32 bits per heavy atom. The Balaban J connectivity index is 1.97. The second-order valence-electron chi connectivity index (χ2n) is 5.43. The molecule has 0 unspecified atom stereocenters. The molecule has 1 aromatic rings. The van der Waals surface area contributed by atoms with Gasteiger partial charge in [-0.3, -0.25) is 4.79 Å². The number of amides is 1. The van der Waals surface area contributed by atoms with E-state index in [0.29, 0.717) is 0 Å². The van der Waals surface area contributed by atoms with Crippen molar-refractivity contribution < 1.29 is 13.2 Å². The van der Waals surface area contributed by atoms with Crippen molar-refractivity contribution in [3.63, 3.8) is 0 Å². The maximum atomic E-state index is 12.1. The highest BCUT2D eigenvalue weighted by molar-refractivity contribution is 7.94. The SMILES string of the molecule is Cc1ccc(S(=O)(=O)/C=C/C=C/C(=O)N2CCCCC2)cc1. The monoisotopic (exact) mass is 319 g/mol. The predicted octanol–water partition coefficient (Wildman–Crippen LogP) is 2.85. The summed E-state index contributed by atoms with van der Waals surface area (Å²) in [6.45, 7) is 3.48. The summed E-state index contributed by atoms with van der Waals surface area (Å²) < 4.78 is 24.1. The van der Waals surface area contributed by atoms with Gasteiger partial charge in [-0.1, -0.05) is 29.8 Å². The first-order valence-corrected chi connectivity index (χ1v) is 8.99. The third kappa shape index (κ3) is 4.56. The van der Waals surface area contributed by atoms with Crippen LogP contribution in [0.25, 0.3) is 0 Å². The van der Waals surface area contributed by atoms with Gasteiger partial charge >= 0.3 is 0 Å². The van der Waals surface area contributed by atoms with E-state index in [9.17, 15) is 13.2 Å². The zero-order valence-electron chi connectivity index (χ0n) is 12.7. The van der Waals surface area contributed by atoms with Crippen molar-refractivity contribution in [1.29, 1.82) is 0 Å². The maximum Gasteiger partial charge on any atom is 0.246 e. The molecule has 0 saturated carbocycles. The number of nitrogens with zero attached hydrogens (tertiary/aromatic N) is 1. The van der Waals surface area contributed by atoms with Crippen molar-refractivity contribution >= 4 is 15.7 Å². The molecule has 0 aromatic heterocycles. The van der Waals surface area contributed by atoms with Gasteiger partial charge in [0.15, 0.2) is 9.84 Å². The summed E-state index contributed by atoms with van der Waals surface area (Å²) in [5.74, 6) is -0.0583. The van der Waals surface area contributed by atoms with Crippen LogP contribution in [0.2, 0.25) is 0 Å². The van der Waals surface area contributed by atoms with Crippen LogP contribution < -0.4 is 0 Å². The molecule has 4 nitrogen and oxygen atoms in total. The van der Waals surface area contributed by atoms with Gasteiger partial charge in [-0.2, -0.15) is 0 Å². The first kappa shape index (κ1) is 16.5.